The predicted molar refractivity (Wildman–Crippen MR) is 80.6 cm³/mol. The molecule has 0 fully saturated rings. The largest absolute Gasteiger partial charge is 0.275 e. The molecule has 0 saturated heterocycles. The van der Waals surface area contributed by atoms with E-state index < -0.39 is 0 Å². The summed E-state index contributed by atoms with van der Waals surface area (Å²) in [5.74, 6) is -0.0371. The first-order valence-electron chi connectivity index (χ1n) is 6.45. The monoisotopic (exact) mass is 260 g/mol. The molecule has 0 aliphatic rings. The third-order valence-corrected chi connectivity index (χ3v) is 3.11. The highest BCUT2D eigenvalue weighted by Crippen LogP contribution is 2.22. The zero-order chi connectivity index (χ0) is 14.6. The summed E-state index contributed by atoms with van der Waals surface area (Å²) >= 11 is 0. The lowest BCUT2D eigenvalue weighted by molar-refractivity contribution is -0.135. The fourth-order valence-electron chi connectivity index (χ4n) is 1.57. The molecular formula is C16H24N2O. The van der Waals surface area contributed by atoms with E-state index in [0.717, 1.165) is 5.56 Å². The lowest BCUT2D eigenvalue weighted by Gasteiger charge is -2.22. The van der Waals surface area contributed by atoms with Crippen LogP contribution in [0.5, 0.6) is 0 Å². The Morgan fingerprint density at radius 1 is 1.05 bits per heavy atom. The van der Waals surface area contributed by atoms with Gasteiger partial charge in [0.2, 0.25) is 0 Å². The van der Waals surface area contributed by atoms with Crippen LogP contribution in [0.25, 0.3) is 6.08 Å². The number of benzene rings is 1. The molecule has 0 N–H and O–H groups in total. The number of amides is 1. The Hall–Kier alpha value is -1.61. The van der Waals surface area contributed by atoms with Crippen LogP contribution >= 0.6 is 0 Å². The van der Waals surface area contributed by atoms with E-state index in [1.54, 1.807) is 23.1 Å². The van der Waals surface area contributed by atoms with Gasteiger partial charge in [0.05, 0.1) is 0 Å². The number of likely N-dealkylation sites (N-methyl/N-ethyl adjacent to an activating group) is 1. The van der Waals surface area contributed by atoms with Crippen LogP contribution in [0.2, 0.25) is 0 Å². The number of carbonyl (C=O) groups excluding carboxylic acids is 1. The highest BCUT2D eigenvalue weighted by Gasteiger charge is 2.12. The number of rotatable bonds is 3. The second-order valence-corrected chi connectivity index (χ2v) is 5.91. The van der Waals surface area contributed by atoms with Crippen LogP contribution in [0.15, 0.2) is 30.3 Å². The van der Waals surface area contributed by atoms with E-state index in [1.165, 1.54) is 5.56 Å². The molecule has 0 radical (unpaired) electrons. The quantitative estimate of drug-likeness (QED) is 0.616. The normalized spacial score (nSPS) is 12.2. The highest BCUT2D eigenvalue weighted by molar-refractivity contribution is 5.91. The lowest BCUT2D eigenvalue weighted by Crippen LogP contribution is -2.37. The first-order valence-corrected chi connectivity index (χ1v) is 6.45. The number of carbonyl (C=O) groups is 1. The SMILES string of the molecule is CN(C)N(C)C(=O)/C=C/c1ccc(C(C)(C)C)cc1. The van der Waals surface area contributed by atoms with Crippen molar-refractivity contribution in [3.8, 4) is 0 Å². The zero-order valence-electron chi connectivity index (χ0n) is 12.8. The predicted octanol–water partition coefficient (Wildman–Crippen LogP) is 2.93. The van der Waals surface area contributed by atoms with Crippen molar-refractivity contribution in [2.24, 2.45) is 0 Å². The molecule has 1 rings (SSSR count). The first kappa shape index (κ1) is 15.4. The van der Waals surface area contributed by atoms with Crippen molar-refractivity contribution in [2.75, 3.05) is 21.1 Å². The maximum atomic E-state index is 11.8. The van der Waals surface area contributed by atoms with E-state index >= 15 is 0 Å². The molecule has 1 aromatic rings. The zero-order valence-corrected chi connectivity index (χ0v) is 12.8. The Labute approximate surface area is 116 Å². The van der Waals surface area contributed by atoms with Gasteiger partial charge in [0.1, 0.15) is 0 Å². The Bertz CT molecular complexity index is 453. The molecule has 3 heteroatoms. The fourth-order valence-corrected chi connectivity index (χ4v) is 1.57. The Balaban J connectivity index is 2.76. The third kappa shape index (κ3) is 4.52. The first-order chi connectivity index (χ1) is 8.71. The molecule has 0 saturated carbocycles. The van der Waals surface area contributed by atoms with Gasteiger partial charge in [-0.15, -0.1) is 0 Å². The van der Waals surface area contributed by atoms with Crippen LogP contribution in [0.4, 0.5) is 0 Å². The summed E-state index contributed by atoms with van der Waals surface area (Å²) in [5.41, 5.74) is 2.48. The van der Waals surface area contributed by atoms with E-state index in [2.05, 4.69) is 32.9 Å². The van der Waals surface area contributed by atoms with Gasteiger partial charge in [-0.1, -0.05) is 45.0 Å². The fraction of sp³-hybridized carbons (Fsp3) is 0.438. The molecule has 0 aliphatic carbocycles. The van der Waals surface area contributed by atoms with Gasteiger partial charge in [-0.3, -0.25) is 9.80 Å². The number of hydrogen-bond acceptors (Lipinski definition) is 2. The molecule has 1 amide bonds. The summed E-state index contributed by atoms with van der Waals surface area (Å²) in [6.07, 6.45) is 3.43. The molecule has 0 bridgehead atoms. The van der Waals surface area contributed by atoms with Crippen LogP contribution in [-0.4, -0.2) is 37.1 Å². The maximum absolute atomic E-state index is 11.8. The van der Waals surface area contributed by atoms with Crippen molar-refractivity contribution in [3.63, 3.8) is 0 Å². The molecule has 0 spiro atoms. The highest BCUT2D eigenvalue weighted by atomic mass is 16.2. The van der Waals surface area contributed by atoms with Crippen molar-refractivity contribution < 1.29 is 4.79 Å². The van der Waals surface area contributed by atoms with E-state index in [1.807, 2.05) is 32.3 Å². The van der Waals surface area contributed by atoms with Gasteiger partial charge in [-0.2, -0.15) is 0 Å². The molecule has 104 valence electrons. The second kappa shape index (κ2) is 6.02. The molecule has 1 aromatic carbocycles. The van der Waals surface area contributed by atoms with Gasteiger partial charge < -0.3 is 0 Å². The number of nitrogens with zero attached hydrogens (tertiary/aromatic N) is 2. The van der Waals surface area contributed by atoms with Crippen LogP contribution in [0.1, 0.15) is 31.9 Å². The lowest BCUT2D eigenvalue weighted by atomic mass is 9.87. The van der Waals surface area contributed by atoms with E-state index in [0.29, 0.717) is 0 Å². The minimum atomic E-state index is -0.0371. The number of hydrogen-bond donors (Lipinski definition) is 0. The minimum absolute atomic E-state index is 0.0371. The average molecular weight is 260 g/mol. The van der Waals surface area contributed by atoms with Crippen LogP contribution in [0.3, 0.4) is 0 Å². The van der Waals surface area contributed by atoms with Crippen LogP contribution in [-0.2, 0) is 10.2 Å². The second-order valence-electron chi connectivity index (χ2n) is 5.91. The van der Waals surface area contributed by atoms with Crippen molar-refractivity contribution in [1.29, 1.82) is 0 Å². The molecule has 0 aromatic heterocycles. The molecule has 0 aliphatic heterocycles. The summed E-state index contributed by atoms with van der Waals surface area (Å²) in [6, 6.07) is 8.31. The molecular weight excluding hydrogens is 236 g/mol. The van der Waals surface area contributed by atoms with Gasteiger partial charge in [-0.25, -0.2) is 5.01 Å². The van der Waals surface area contributed by atoms with Crippen molar-refractivity contribution in [2.45, 2.75) is 26.2 Å². The van der Waals surface area contributed by atoms with Crippen molar-refractivity contribution >= 4 is 12.0 Å². The molecule has 0 atom stereocenters. The summed E-state index contributed by atoms with van der Waals surface area (Å²) < 4.78 is 0. The van der Waals surface area contributed by atoms with Gasteiger partial charge in [0.15, 0.2) is 0 Å². The summed E-state index contributed by atoms with van der Waals surface area (Å²) in [7, 11) is 5.42. The smallest absolute Gasteiger partial charge is 0.260 e. The molecule has 19 heavy (non-hydrogen) atoms. The van der Waals surface area contributed by atoms with E-state index in [4.69, 9.17) is 0 Å². The van der Waals surface area contributed by atoms with Gasteiger partial charge in [0.25, 0.3) is 5.91 Å². The van der Waals surface area contributed by atoms with Crippen LogP contribution in [0, 0.1) is 0 Å². The Morgan fingerprint density at radius 2 is 1.58 bits per heavy atom. The Morgan fingerprint density at radius 3 is 2.00 bits per heavy atom. The van der Waals surface area contributed by atoms with E-state index in [-0.39, 0.29) is 11.3 Å². The molecule has 3 nitrogen and oxygen atoms in total. The maximum Gasteiger partial charge on any atom is 0.260 e. The Kier molecular flexibility index (Phi) is 4.90. The standard InChI is InChI=1S/C16H24N2O/c1-16(2,3)14-10-7-13(8-11-14)9-12-15(19)18(6)17(4)5/h7-12H,1-6H3/b12-9+. The van der Waals surface area contributed by atoms with Gasteiger partial charge >= 0.3 is 0 Å². The summed E-state index contributed by atoms with van der Waals surface area (Å²) in [4.78, 5) is 11.8. The van der Waals surface area contributed by atoms with Gasteiger partial charge in [0, 0.05) is 27.2 Å². The van der Waals surface area contributed by atoms with Gasteiger partial charge in [-0.05, 0) is 22.6 Å². The molecule has 0 heterocycles. The minimum Gasteiger partial charge on any atom is -0.275 e. The summed E-state index contributed by atoms with van der Waals surface area (Å²) in [5, 5.41) is 3.30. The number of hydrazine groups is 1. The topological polar surface area (TPSA) is 23.6 Å². The van der Waals surface area contributed by atoms with Crippen molar-refractivity contribution in [3.05, 3.63) is 41.5 Å². The average Bonchev–Trinajstić information content (AvgIpc) is 2.34. The van der Waals surface area contributed by atoms with E-state index in [9.17, 15) is 4.79 Å². The third-order valence-electron chi connectivity index (χ3n) is 3.11. The van der Waals surface area contributed by atoms with Crippen molar-refractivity contribution in [1.82, 2.24) is 10.0 Å². The molecule has 0 unspecified atom stereocenters. The summed E-state index contributed by atoms with van der Waals surface area (Å²) in [6.45, 7) is 6.56. The van der Waals surface area contributed by atoms with Crippen LogP contribution < -0.4 is 0 Å².